The minimum atomic E-state index is -4.81. The van der Waals surface area contributed by atoms with Gasteiger partial charge in [0.25, 0.3) is 0 Å². The molecule has 3 saturated carbocycles. The van der Waals surface area contributed by atoms with Crippen molar-refractivity contribution in [2.75, 3.05) is 6.61 Å². The van der Waals surface area contributed by atoms with Crippen molar-refractivity contribution in [3.05, 3.63) is 11.6 Å². The molecule has 0 bridgehead atoms. The summed E-state index contributed by atoms with van der Waals surface area (Å²) in [6.45, 7) is 3.59. The van der Waals surface area contributed by atoms with E-state index in [0.29, 0.717) is 42.8 Å². The third-order valence-electron chi connectivity index (χ3n) is 9.82. The molecular formula is C25H35Na2O10P+2. The number of rotatable bonds is 6. The monoisotopic (exact) mass is 572 g/mol. The van der Waals surface area contributed by atoms with Crippen molar-refractivity contribution < 1.29 is 107 Å². The summed E-state index contributed by atoms with van der Waals surface area (Å²) in [7, 11) is -4.81. The Morgan fingerprint density at radius 1 is 1.08 bits per heavy atom. The summed E-state index contributed by atoms with van der Waals surface area (Å²) in [6.07, 6.45) is 2.47. The molecule has 4 fully saturated rings. The van der Waals surface area contributed by atoms with Crippen LogP contribution in [0.2, 0.25) is 0 Å². The molecule has 3 N–H and O–H groups in total. The first-order valence-electron chi connectivity index (χ1n) is 12.8. The summed E-state index contributed by atoms with van der Waals surface area (Å²) in [5.41, 5.74) is 0.930. The van der Waals surface area contributed by atoms with Gasteiger partial charge in [-0.25, -0.2) is 9.36 Å². The standard InChI is InChI=1S/C25H35O10P.2Na/c1-24-9-7-14(34-36(31,32)35-22-20(29)21(18(27)12-26)33-23(22)30)11-13(24)3-4-15-16-5-6-19(28)25(16,2)10-8-17(15)24;;/h3,14-18,21-22,26-27H,4-12H2,1-2H3,(H,31,32);;/q;2*+1/t14-,15?,16?,17?,18?,21?,22?,24-,25-;;/m0../s1. The second kappa shape index (κ2) is 12.1. The molecule has 38 heavy (non-hydrogen) atoms. The first-order chi connectivity index (χ1) is 16.9. The summed E-state index contributed by atoms with van der Waals surface area (Å²) in [5, 5.41) is 18.6. The van der Waals surface area contributed by atoms with Gasteiger partial charge in [0.15, 0.2) is 6.10 Å². The fraction of sp³-hybridized carbons (Fsp3) is 0.800. The van der Waals surface area contributed by atoms with Gasteiger partial charge in [-0.2, -0.15) is 0 Å². The largest absolute Gasteiger partial charge is 1.00 e. The number of cyclic esters (lactones) is 1. The van der Waals surface area contributed by atoms with Gasteiger partial charge in [-0.15, -0.1) is 0 Å². The molecule has 0 aromatic carbocycles. The first-order valence-corrected chi connectivity index (χ1v) is 14.3. The smallest absolute Gasteiger partial charge is 0.449 e. The molecule has 0 amide bonds. The van der Waals surface area contributed by atoms with E-state index in [4.69, 9.17) is 18.9 Å². The van der Waals surface area contributed by atoms with Crippen molar-refractivity contribution in [3.8, 4) is 0 Å². The topological polar surface area (TPSA) is 157 Å². The zero-order valence-electron chi connectivity index (χ0n) is 22.6. The fourth-order valence-electron chi connectivity index (χ4n) is 7.80. The van der Waals surface area contributed by atoms with E-state index in [1.165, 1.54) is 5.57 Å². The van der Waals surface area contributed by atoms with Crippen molar-refractivity contribution in [3.63, 3.8) is 0 Å². The number of Topliss-reactive ketones (excluding diaryl/α,β-unsaturated/α-hetero) is 2. The molecule has 0 spiro atoms. The van der Waals surface area contributed by atoms with E-state index >= 15 is 0 Å². The van der Waals surface area contributed by atoms with Gasteiger partial charge in [0.2, 0.25) is 11.9 Å². The van der Waals surface area contributed by atoms with Gasteiger partial charge in [-0.1, -0.05) is 25.5 Å². The molecule has 13 heteroatoms. The van der Waals surface area contributed by atoms with E-state index in [1.54, 1.807) is 0 Å². The Kier molecular flexibility index (Phi) is 10.5. The molecular weight excluding hydrogens is 537 g/mol. The predicted molar refractivity (Wildman–Crippen MR) is 124 cm³/mol. The first kappa shape index (κ1) is 33.1. The Morgan fingerprint density at radius 3 is 2.42 bits per heavy atom. The Labute approximate surface area is 266 Å². The van der Waals surface area contributed by atoms with Crippen LogP contribution in [-0.4, -0.2) is 63.7 Å². The van der Waals surface area contributed by atoms with Crippen molar-refractivity contribution in [2.24, 2.45) is 28.6 Å². The van der Waals surface area contributed by atoms with Crippen LogP contribution in [0.5, 0.6) is 0 Å². The number of carbonyl (C=O) groups is 3. The zero-order chi connectivity index (χ0) is 26.0. The van der Waals surface area contributed by atoms with Gasteiger partial charge >= 0.3 is 72.9 Å². The molecule has 0 aromatic rings. The molecule has 1 aliphatic heterocycles. The van der Waals surface area contributed by atoms with Crippen LogP contribution in [0.1, 0.15) is 65.2 Å². The number of ketones is 2. The van der Waals surface area contributed by atoms with E-state index in [2.05, 4.69) is 19.9 Å². The second-order valence-corrected chi connectivity index (χ2v) is 13.0. The average Bonchev–Trinajstić information content (AvgIpc) is 3.28. The number of fused-ring (bicyclic) bond motifs is 5. The number of esters is 1. The molecule has 200 valence electrons. The number of phosphoric acid groups is 1. The SMILES string of the molecule is C[C@]12CC[C@H](OP(=O)(O)OC3C(=O)OC(C(O)CO)C3=O)CC1=CCC1C2CC[C@]2(C)C(=O)CCC12.[Na+].[Na+]. The van der Waals surface area contributed by atoms with Gasteiger partial charge in [0, 0.05) is 11.8 Å². The van der Waals surface area contributed by atoms with Gasteiger partial charge < -0.3 is 19.8 Å². The van der Waals surface area contributed by atoms with Gasteiger partial charge in [-0.05, 0) is 68.1 Å². The summed E-state index contributed by atoms with van der Waals surface area (Å²) >= 11 is 0. The van der Waals surface area contributed by atoms with Crippen LogP contribution in [0, 0.1) is 28.6 Å². The van der Waals surface area contributed by atoms with Crippen LogP contribution in [-0.2, 0) is 32.7 Å². The number of aliphatic hydroxyl groups excluding tert-OH is 2. The molecule has 7 unspecified atom stereocenters. The van der Waals surface area contributed by atoms with E-state index in [9.17, 15) is 28.9 Å². The second-order valence-electron chi connectivity index (χ2n) is 11.6. The third kappa shape index (κ3) is 5.64. The van der Waals surface area contributed by atoms with Crippen molar-refractivity contribution in [2.45, 2.75) is 89.6 Å². The molecule has 1 saturated heterocycles. The maximum absolute atomic E-state index is 12.7. The number of ether oxygens (including phenoxy) is 1. The van der Waals surface area contributed by atoms with Gasteiger partial charge in [0.05, 0.1) is 12.7 Å². The summed E-state index contributed by atoms with van der Waals surface area (Å²) < 4.78 is 27.7. The third-order valence-corrected chi connectivity index (χ3v) is 10.9. The Bertz CT molecular complexity index is 1050. The minimum Gasteiger partial charge on any atom is -0.449 e. The maximum atomic E-state index is 12.7. The molecule has 10 atom stereocenters. The molecule has 5 aliphatic rings. The number of hydrogen-bond donors (Lipinski definition) is 3. The van der Waals surface area contributed by atoms with Crippen molar-refractivity contribution in [1.82, 2.24) is 0 Å². The van der Waals surface area contributed by atoms with Gasteiger partial charge in [-0.3, -0.25) is 18.6 Å². The molecule has 4 aliphatic carbocycles. The van der Waals surface area contributed by atoms with Gasteiger partial charge in [0.1, 0.15) is 11.9 Å². The molecule has 5 rings (SSSR count). The van der Waals surface area contributed by atoms with Crippen LogP contribution in [0.25, 0.3) is 0 Å². The summed E-state index contributed by atoms with van der Waals surface area (Å²) in [5.74, 6) is -0.497. The number of allylic oxidation sites excluding steroid dienone is 1. The number of carbonyl (C=O) groups excluding carboxylic acids is 3. The van der Waals surface area contributed by atoms with Crippen LogP contribution in [0.3, 0.4) is 0 Å². The zero-order valence-corrected chi connectivity index (χ0v) is 27.5. The molecule has 10 nitrogen and oxygen atoms in total. The molecule has 0 aromatic heterocycles. The molecule has 1 heterocycles. The Hall–Kier alpha value is 0.580. The van der Waals surface area contributed by atoms with E-state index in [1.807, 2.05) is 0 Å². The average molecular weight is 572 g/mol. The van der Waals surface area contributed by atoms with Crippen LogP contribution in [0.4, 0.5) is 0 Å². The van der Waals surface area contributed by atoms with Crippen molar-refractivity contribution in [1.29, 1.82) is 0 Å². The quantitative estimate of drug-likeness (QED) is 0.0950. The maximum Gasteiger partial charge on any atom is 1.00 e. The predicted octanol–water partition coefficient (Wildman–Crippen LogP) is -3.76. The minimum absolute atomic E-state index is 0. The number of hydrogen-bond acceptors (Lipinski definition) is 9. The normalized spacial score (nSPS) is 42.3. The van der Waals surface area contributed by atoms with Crippen LogP contribution >= 0.6 is 7.82 Å². The Morgan fingerprint density at radius 2 is 1.74 bits per heavy atom. The summed E-state index contributed by atoms with van der Waals surface area (Å²) in [4.78, 5) is 47.2. The van der Waals surface area contributed by atoms with Crippen molar-refractivity contribution >= 4 is 25.4 Å². The van der Waals surface area contributed by atoms with E-state index in [-0.39, 0.29) is 69.9 Å². The van der Waals surface area contributed by atoms with Crippen LogP contribution < -0.4 is 59.1 Å². The fourth-order valence-corrected chi connectivity index (χ4v) is 8.87. The molecule has 0 radical (unpaired) electrons. The number of phosphoric ester groups is 1. The number of aliphatic hydroxyl groups is 2. The van der Waals surface area contributed by atoms with E-state index in [0.717, 1.165) is 32.1 Å². The summed E-state index contributed by atoms with van der Waals surface area (Å²) in [6, 6.07) is 0. The van der Waals surface area contributed by atoms with E-state index < -0.39 is 50.6 Å². The van der Waals surface area contributed by atoms with Crippen LogP contribution in [0.15, 0.2) is 11.6 Å². The Balaban J connectivity index is 0.00000200.